The van der Waals surface area contributed by atoms with Crippen molar-refractivity contribution in [3.8, 4) is 0 Å². The zero-order valence-electron chi connectivity index (χ0n) is 7.90. The predicted molar refractivity (Wildman–Crippen MR) is 57.8 cm³/mol. The average Bonchev–Trinajstić information content (AvgIpc) is 2.59. The van der Waals surface area contributed by atoms with Crippen molar-refractivity contribution in [2.75, 3.05) is 0 Å². The molecule has 1 atom stereocenters. The van der Waals surface area contributed by atoms with Crippen LogP contribution >= 0.6 is 15.9 Å². The fourth-order valence-corrected chi connectivity index (χ4v) is 1.81. The Bertz CT molecular complexity index is 520. The van der Waals surface area contributed by atoms with E-state index in [1.54, 1.807) is 19.1 Å². The summed E-state index contributed by atoms with van der Waals surface area (Å²) in [5, 5.41) is 13.5. The number of nitrogens with zero attached hydrogens (tertiary/aromatic N) is 1. The molecule has 5 heteroatoms. The Labute approximate surface area is 94.0 Å². The van der Waals surface area contributed by atoms with E-state index >= 15 is 0 Å². The van der Waals surface area contributed by atoms with Crippen molar-refractivity contribution in [1.29, 1.82) is 0 Å². The fraction of sp³-hybridized carbons (Fsp3) is 0.200. The number of benzene rings is 1. The number of para-hydroxylation sites is 1. The van der Waals surface area contributed by atoms with Crippen molar-refractivity contribution >= 4 is 32.9 Å². The second-order valence-electron chi connectivity index (χ2n) is 3.26. The lowest BCUT2D eigenvalue weighted by Gasteiger charge is -2.05. The van der Waals surface area contributed by atoms with E-state index < -0.39 is 11.9 Å². The number of aliphatic carboxylic acids is 1. The highest BCUT2D eigenvalue weighted by atomic mass is 79.9. The number of aromatic nitrogens is 1. The van der Waals surface area contributed by atoms with Crippen molar-refractivity contribution in [1.82, 2.24) is 5.16 Å². The minimum absolute atomic E-state index is 0.527. The Morgan fingerprint density at radius 3 is 3.00 bits per heavy atom. The standard InChI is InChI=1S/C10H8BrNO3/c1-5(10(13)14)6-3-2-4-7-8(6)15-12-9(7)11/h2-5H,1H3,(H,13,14). The number of hydrogen-bond donors (Lipinski definition) is 1. The Hall–Kier alpha value is -1.36. The number of hydrogen-bond acceptors (Lipinski definition) is 3. The van der Waals surface area contributed by atoms with E-state index in [1.165, 1.54) is 0 Å². The van der Waals surface area contributed by atoms with E-state index in [0.717, 1.165) is 5.39 Å². The molecular weight excluding hydrogens is 262 g/mol. The molecule has 1 aromatic heterocycles. The van der Waals surface area contributed by atoms with Gasteiger partial charge in [0, 0.05) is 5.56 Å². The van der Waals surface area contributed by atoms with Crippen LogP contribution in [0.5, 0.6) is 0 Å². The van der Waals surface area contributed by atoms with Gasteiger partial charge in [0.2, 0.25) is 0 Å². The molecule has 2 rings (SSSR count). The van der Waals surface area contributed by atoms with E-state index in [0.29, 0.717) is 15.7 Å². The lowest BCUT2D eigenvalue weighted by Crippen LogP contribution is -2.07. The van der Waals surface area contributed by atoms with Crippen molar-refractivity contribution in [2.45, 2.75) is 12.8 Å². The topological polar surface area (TPSA) is 63.3 Å². The third-order valence-corrected chi connectivity index (χ3v) is 2.89. The highest BCUT2D eigenvalue weighted by Crippen LogP contribution is 2.30. The zero-order chi connectivity index (χ0) is 11.0. The number of rotatable bonds is 2. The maximum atomic E-state index is 10.9. The Morgan fingerprint density at radius 2 is 2.33 bits per heavy atom. The van der Waals surface area contributed by atoms with Gasteiger partial charge in [-0.1, -0.05) is 17.3 Å². The smallest absolute Gasteiger partial charge is 0.310 e. The Balaban J connectivity index is 2.66. The summed E-state index contributed by atoms with van der Waals surface area (Å²) in [7, 11) is 0. The third kappa shape index (κ3) is 1.63. The molecule has 0 spiro atoms. The molecule has 1 heterocycles. The third-order valence-electron chi connectivity index (χ3n) is 2.32. The molecule has 0 aliphatic heterocycles. The van der Waals surface area contributed by atoms with Gasteiger partial charge in [0.1, 0.15) is 0 Å². The van der Waals surface area contributed by atoms with Crippen molar-refractivity contribution < 1.29 is 14.4 Å². The molecule has 0 aliphatic rings. The molecule has 0 bridgehead atoms. The van der Waals surface area contributed by atoms with Crippen LogP contribution in [0.4, 0.5) is 0 Å². The van der Waals surface area contributed by atoms with E-state index in [1.807, 2.05) is 6.07 Å². The highest BCUT2D eigenvalue weighted by Gasteiger charge is 2.19. The van der Waals surface area contributed by atoms with E-state index in [2.05, 4.69) is 21.1 Å². The average molecular weight is 270 g/mol. The summed E-state index contributed by atoms with van der Waals surface area (Å²) in [6, 6.07) is 5.35. The van der Waals surface area contributed by atoms with Gasteiger partial charge in [0.25, 0.3) is 0 Å². The minimum Gasteiger partial charge on any atom is -0.481 e. The summed E-state index contributed by atoms with van der Waals surface area (Å²) in [4.78, 5) is 10.9. The molecule has 1 unspecified atom stereocenters. The van der Waals surface area contributed by atoms with E-state index in [4.69, 9.17) is 9.63 Å². The maximum Gasteiger partial charge on any atom is 0.310 e. The summed E-state index contributed by atoms with van der Waals surface area (Å²) in [5.41, 5.74) is 1.16. The van der Waals surface area contributed by atoms with Crippen LogP contribution in [0.2, 0.25) is 0 Å². The molecule has 4 nitrogen and oxygen atoms in total. The first-order chi connectivity index (χ1) is 7.11. The van der Waals surface area contributed by atoms with Crippen LogP contribution in [0.25, 0.3) is 11.0 Å². The summed E-state index contributed by atoms with van der Waals surface area (Å²) >= 11 is 3.23. The maximum absolute atomic E-state index is 10.9. The molecule has 0 saturated carbocycles. The van der Waals surface area contributed by atoms with Gasteiger partial charge >= 0.3 is 5.97 Å². The monoisotopic (exact) mass is 269 g/mol. The first-order valence-electron chi connectivity index (χ1n) is 4.38. The quantitative estimate of drug-likeness (QED) is 0.911. The van der Waals surface area contributed by atoms with Gasteiger partial charge in [-0.05, 0) is 28.9 Å². The first-order valence-corrected chi connectivity index (χ1v) is 5.17. The molecular formula is C10H8BrNO3. The van der Waals surface area contributed by atoms with Gasteiger partial charge in [0.05, 0.1) is 11.3 Å². The number of halogens is 1. The van der Waals surface area contributed by atoms with Gasteiger partial charge in [0.15, 0.2) is 10.2 Å². The molecule has 0 saturated heterocycles. The van der Waals surface area contributed by atoms with Crippen LogP contribution in [-0.4, -0.2) is 16.2 Å². The minimum atomic E-state index is -0.880. The lowest BCUT2D eigenvalue weighted by molar-refractivity contribution is -0.138. The van der Waals surface area contributed by atoms with Gasteiger partial charge in [-0.25, -0.2) is 0 Å². The van der Waals surface area contributed by atoms with Crippen LogP contribution in [0.15, 0.2) is 27.3 Å². The van der Waals surface area contributed by atoms with Gasteiger partial charge < -0.3 is 9.63 Å². The molecule has 1 N–H and O–H groups in total. The summed E-state index contributed by atoms with van der Waals surface area (Å²) < 4.78 is 5.69. The normalized spacial score (nSPS) is 12.9. The molecule has 0 radical (unpaired) electrons. The second-order valence-corrected chi connectivity index (χ2v) is 4.01. The number of carboxylic acids is 1. The van der Waals surface area contributed by atoms with Crippen LogP contribution < -0.4 is 0 Å². The van der Waals surface area contributed by atoms with Gasteiger partial charge in [-0.15, -0.1) is 0 Å². The van der Waals surface area contributed by atoms with Gasteiger partial charge in [-0.2, -0.15) is 0 Å². The van der Waals surface area contributed by atoms with Crippen LogP contribution in [0, 0.1) is 0 Å². The number of carbonyl (C=O) groups is 1. The predicted octanol–water partition coefficient (Wildman–Crippen LogP) is 2.78. The number of carboxylic acid groups (broad SMARTS) is 1. The lowest BCUT2D eigenvalue weighted by atomic mass is 10.00. The molecule has 0 aliphatic carbocycles. The number of fused-ring (bicyclic) bond motifs is 1. The van der Waals surface area contributed by atoms with Crippen LogP contribution in [0.3, 0.4) is 0 Å². The molecule has 1 aromatic carbocycles. The van der Waals surface area contributed by atoms with Crippen LogP contribution in [-0.2, 0) is 4.79 Å². The molecule has 2 aromatic rings. The van der Waals surface area contributed by atoms with Crippen LogP contribution in [0.1, 0.15) is 18.4 Å². The highest BCUT2D eigenvalue weighted by molar-refractivity contribution is 9.10. The zero-order valence-corrected chi connectivity index (χ0v) is 9.48. The summed E-state index contributed by atoms with van der Waals surface area (Å²) in [6.07, 6.45) is 0. The molecule has 78 valence electrons. The molecule has 0 amide bonds. The van der Waals surface area contributed by atoms with Gasteiger partial charge in [-0.3, -0.25) is 4.79 Å². The van der Waals surface area contributed by atoms with E-state index in [-0.39, 0.29) is 0 Å². The van der Waals surface area contributed by atoms with Crippen molar-refractivity contribution in [2.24, 2.45) is 0 Å². The Morgan fingerprint density at radius 1 is 1.60 bits per heavy atom. The first kappa shape index (κ1) is 10.2. The fourth-order valence-electron chi connectivity index (χ4n) is 1.43. The van der Waals surface area contributed by atoms with Crippen molar-refractivity contribution in [3.05, 3.63) is 28.4 Å². The largest absolute Gasteiger partial charge is 0.481 e. The SMILES string of the molecule is CC(C(=O)O)c1cccc2c(Br)noc12. The summed E-state index contributed by atoms with van der Waals surface area (Å²) in [5.74, 6) is -1.48. The second kappa shape index (κ2) is 3.66. The van der Waals surface area contributed by atoms with Crippen molar-refractivity contribution in [3.63, 3.8) is 0 Å². The Kier molecular flexibility index (Phi) is 2.48. The van der Waals surface area contributed by atoms with E-state index in [9.17, 15) is 4.79 Å². The molecule has 0 fully saturated rings. The summed E-state index contributed by atoms with van der Waals surface area (Å²) in [6.45, 7) is 1.62. The molecule has 15 heavy (non-hydrogen) atoms.